The summed E-state index contributed by atoms with van der Waals surface area (Å²) < 4.78 is 38.9. The Kier molecular flexibility index (Phi) is 3.73. The zero-order valence-electron chi connectivity index (χ0n) is 10.4. The van der Waals surface area contributed by atoms with Gasteiger partial charge in [-0.1, -0.05) is 42.0 Å². The second-order valence-electron chi connectivity index (χ2n) is 4.36. The quantitative estimate of drug-likeness (QED) is 0.739. The summed E-state index contributed by atoms with van der Waals surface area (Å²) in [6.07, 6.45) is -3.70. The Hall–Kier alpha value is -2.00. The molecule has 1 aliphatic rings. The van der Waals surface area contributed by atoms with Crippen molar-refractivity contribution in [2.24, 2.45) is 10.9 Å². The molecule has 1 unspecified atom stereocenters. The Balaban J connectivity index is 2.51. The van der Waals surface area contributed by atoms with Crippen LogP contribution in [0.5, 0.6) is 0 Å². The van der Waals surface area contributed by atoms with E-state index < -0.39 is 17.7 Å². The van der Waals surface area contributed by atoms with Crippen molar-refractivity contribution in [2.75, 3.05) is 0 Å². The van der Waals surface area contributed by atoms with Crippen molar-refractivity contribution in [3.8, 4) is 6.07 Å². The summed E-state index contributed by atoms with van der Waals surface area (Å²) in [5.74, 6) is -1.51. The first-order chi connectivity index (χ1) is 9.32. The van der Waals surface area contributed by atoms with Crippen molar-refractivity contribution in [3.63, 3.8) is 0 Å². The van der Waals surface area contributed by atoms with E-state index in [-0.39, 0.29) is 10.7 Å². The molecule has 2 nitrogen and oxygen atoms in total. The van der Waals surface area contributed by atoms with Crippen molar-refractivity contribution in [1.82, 2.24) is 0 Å². The molecule has 1 aromatic rings. The van der Waals surface area contributed by atoms with Gasteiger partial charge in [0.2, 0.25) is 0 Å². The van der Waals surface area contributed by atoms with Gasteiger partial charge in [-0.05, 0) is 13.0 Å². The molecule has 20 heavy (non-hydrogen) atoms. The highest BCUT2D eigenvalue weighted by Crippen LogP contribution is 2.35. The van der Waals surface area contributed by atoms with Gasteiger partial charge in [-0.25, -0.2) is 4.99 Å². The van der Waals surface area contributed by atoms with Gasteiger partial charge in [0.15, 0.2) is 0 Å². The number of rotatable bonds is 1. The third-order valence-corrected chi connectivity index (χ3v) is 3.21. The molecule has 0 aliphatic carbocycles. The van der Waals surface area contributed by atoms with Crippen LogP contribution in [0.3, 0.4) is 0 Å². The van der Waals surface area contributed by atoms with Gasteiger partial charge < -0.3 is 0 Å². The lowest BCUT2D eigenvalue weighted by Gasteiger charge is -2.20. The first-order valence-corrected chi connectivity index (χ1v) is 6.11. The minimum atomic E-state index is -4.60. The van der Waals surface area contributed by atoms with Crippen LogP contribution in [-0.4, -0.2) is 16.9 Å². The fraction of sp³-hybridized carbons (Fsp3) is 0.214. The zero-order chi connectivity index (χ0) is 14.9. The number of dihydropyridines is 1. The van der Waals surface area contributed by atoms with E-state index in [9.17, 15) is 13.2 Å². The van der Waals surface area contributed by atoms with E-state index in [1.165, 1.54) is 0 Å². The van der Waals surface area contributed by atoms with Crippen LogP contribution >= 0.6 is 12.2 Å². The van der Waals surface area contributed by atoms with Crippen LogP contribution in [-0.2, 0) is 0 Å². The SMILES string of the molecule is Cc1ccc(C2=NC(=S)C(C#N)C(C(F)(F)F)=C2)cc1. The Morgan fingerprint density at radius 3 is 2.35 bits per heavy atom. The largest absolute Gasteiger partial charge is 0.414 e. The van der Waals surface area contributed by atoms with Crippen LogP contribution in [0.25, 0.3) is 0 Å². The second kappa shape index (κ2) is 5.17. The summed E-state index contributed by atoms with van der Waals surface area (Å²) in [5, 5.41) is 8.84. The molecule has 2 rings (SSSR count). The predicted octanol–water partition coefficient (Wildman–Crippen LogP) is 3.75. The maximum Gasteiger partial charge on any atom is 0.414 e. The molecule has 0 radical (unpaired) electrons. The van der Waals surface area contributed by atoms with Crippen molar-refractivity contribution < 1.29 is 13.2 Å². The summed E-state index contributed by atoms with van der Waals surface area (Å²) in [5.41, 5.74) is 0.697. The standard InChI is InChI=1S/C14H9F3N2S/c1-8-2-4-9(5-3-8)12-6-11(14(15,16)17)10(7-18)13(20)19-12/h2-6,10H,1H3. The zero-order valence-corrected chi connectivity index (χ0v) is 11.2. The molecule has 0 saturated carbocycles. The number of thiocarbonyl (C=S) groups is 1. The molecule has 1 aliphatic heterocycles. The third-order valence-electron chi connectivity index (χ3n) is 2.88. The molecule has 1 atom stereocenters. The van der Waals surface area contributed by atoms with Crippen LogP contribution < -0.4 is 0 Å². The number of hydrogen-bond acceptors (Lipinski definition) is 2. The molecule has 1 aromatic carbocycles. The van der Waals surface area contributed by atoms with Crippen LogP contribution in [0, 0.1) is 24.2 Å². The maximum absolute atomic E-state index is 13.0. The highest BCUT2D eigenvalue weighted by molar-refractivity contribution is 7.80. The summed E-state index contributed by atoms with van der Waals surface area (Å²) >= 11 is 4.82. The minimum absolute atomic E-state index is 0.133. The number of aryl methyl sites for hydroxylation is 1. The second-order valence-corrected chi connectivity index (χ2v) is 4.78. The van der Waals surface area contributed by atoms with Gasteiger partial charge >= 0.3 is 6.18 Å². The first-order valence-electron chi connectivity index (χ1n) is 5.71. The smallest absolute Gasteiger partial charge is 0.239 e. The van der Waals surface area contributed by atoms with Gasteiger partial charge in [-0.2, -0.15) is 18.4 Å². The molecule has 0 spiro atoms. The first kappa shape index (κ1) is 14.4. The molecular weight excluding hydrogens is 285 g/mol. The van der Waals surface area contributed by atoms with Crippen LogP contribution in [0.2, 0.25) is 0 Å². The normalized spacial score (nSPS) is 19.1. The highest BCUT2D eigenvalue weighted by Gasteiger charge is 2.42. The predicted molar refractivity (Wildman–Crippen MR) is 73.6 cm³/mol. The Bertz CT molecular complexity index is 648. The molecule has 0 bridgehead atoms. The fourth-order valence-electron chi connectivity index (χ4n) is 1.82. The molecule has 0 N–H and O–H groups in total. The third kappa shape index (κ3) is 2.78. The number of alkyl halides is 3. The Morgan fingerprint density at radius 2 is 1.85 bits per heavy atom. The van der Waals surface area contributed by atoms with E-state index >= 15 is 0 Å². The van der Waals surface area contributed by atoms with Gasteiger partial charge in [-0.3, -0.25) is 0 Å². The molecule has 6 heteroatoms. The fourth-order valence-corrected chi connectivity index (χ4v) is 2.10. The van der Waals surface area contributed by atoms with E-state index in [1.807, 2.05) is 6.92 Å². The van der Waals surface area contributed by atoms with Crippen molar-refractivity contribution in [3.05, 3.63) is 47.0 Å². The van der Waals surface area contributed by atoms with Gasteiger partial charge in [0.05, 0.1) is 17.4 Å². The molecule has 102 valence electrons. The lowest BCUT2D eigenvalue weighted by atomic mass is 9.93. The van der Waals surface area contributed by atoms with Crippen molar-refractivity contribution in [2.45, 2.75) is 13.1 Å². The molecule has 0 fully saturated rings. The Labute approximate surface area is 119 Å². The van der Waals surface area contributed by atoms with Crippen molar-refractivity contribution in [1.29, 1.82) is 5.26 Å². The average Bonchev–Trinajstić information content (AvgIpc) is 2.37. The molecule has 0 saturated heterocycles. The number of nitrogens with zero attached hydrogens (tertiary/aromatic N) is 2. The Morgan fingerprint density at radius 1 is 1.25 bits per heavy atom. The minimum Gasteiger partial charge on any atom is -0.239 e. The number of nitriles is 1. The summed E-state index contributed by atoms with van der Waals surface area (Å²) in [7, 11) is 0. The van der Waals surface area contributed by atoms with Gasteiger partial charge in [0.25, 0.3) is 0 Å². The van der Waals surface area contributed by atoms with Gasteiger partial charge in [0.1, 0.15) is 10.9 Å². The summed E-state index contributed by atoms with van der Waals surface area (Å²) in [4.78, 5) is 3.70. The topological polar surface area (TPSA) is 36.1 Å². The summed E-state index contributed by atoms with van der Waals surface area (Å²) in [6, 6.07) is 8.46. The molecule has 0 aromatic heterocycles. The van der Waals surface area contributed by atoms with Crippen molar-refractivity contribution >= 4 is 22.9 Å². The lowest BCUT2D eigenvalue weighted by Crippen LogP contribution is -2.28. The molecule has 0 amide bonds. The number of aliphatic imine (C=N–C) groups is 1. The average molecular weight is 294 g/mol. The monoisotopic (exact) mass is 294 g/mol. The number of allylic oxidation sites excluding steroid dienone is 1. The number of hydrogen-bond donors (Lipinski definition) is 0. The van der Waals surface area contributed by atoms with Crippen LogP contribution in [0.15, 0.2) is 40.9 Å². The molecule has 1 heterocycles. The van der Waals surface area contributed by atoms with Crippen LogP contribution in [0.4, 0.5) is 13.2 Å². The summed E-state index contributed by atoms with van der Waals surface area (Å²) in [6.45, 7) is 1.87. The molecular formula is C14H9F3N2S. The van der Waals surface area contributed by atoms with E-state index in [1.54, 1.807) is 30.3 Å². The van der Waals surface area contributed by atoms with E-state index in [0.29, 0.717) is 5.56 Å². The maximum atomic E-state index is 13.0. The number of benzene rings is 1. The van der Waals surface area contributed by atoms with Gasteiger partial charge in [0, 0.05) is 5.56 Å². The van der Waals surface area contributed by atoms with Crippen LogP contribution in [0.1, 0.15) is 11.1 Å². The van der Waals surface area contributed by atoms with E-state index in [4.69, 9.17) is 17.5 Å². The lowest BCUT2D eigenvalue weighted by molar-refractivity contribution is -0.0947. The van der Waals surface area contributed by atoms with E-state index in [0.717, 1.165) is 11.6 Å². The van der Waals surface area contributed by atoms with E-state index in [2.05, 4.69) is 4.99 Å². The van der Waals surface area contributed by atoms with Gasteiger partial charge in [-0.15, -0.1) is 0 Å². The highest BCUT2D eigenvalue weighted by atomic mass is 32.1. The number of halogens is 3.